The predicted octanol–water partition coefficient (Wildman–Crippen LogP) is 5.46. The highest BCUT2D eigenvalue weighted by Gasteiger charge is 2.09. The summed E-state index contributed by atoms with van der Waals surface area (Å²) in [6, 6.07) is 13.6. The van der Waals surface area contributed by atoms with E-state index in [0.717, 1.165) is 40.7 Å². The fraction of sp³-hybridized carbons (Fsp3) is 0.211. The maximum Gasteiger partial charge on any atom is 0.122 e. The van der Waals surface area contributed by atoms with Gasteiger partial charge in [0.25, 0.3) is 0 Å². The summed E-state index contributed by atoms with van der Waals surface area (Å²) in [5.41, 5.74) is 2.16. The molecule has 0 saturated carbocycles. The molecule has 0 bridgehead atoms. The Hall–Kier alpha value is -1.59. The van der Waals surface area contributed by atoms with E-state index in [9.17, 15) is 0 Å². The molecule has 1 aromatic heterocycles. The Morgan fingerprint density at radius 2 is 2.00 bits per heavy atom. The van der Waals surface area contributed by atoms with Gasteiger partial charge in [-0.15, -0.1) is 11.3 Å². The van der Waals surface area contributed by atoms with Gasteiger partial charge in [0, 0.05) is 23.3 Å². The second-order valence-corrected chi connectivity index (χ2v) is 7.44. The minimum atomic E-state index is 0.636. The molecule has 0 radical (unpaired) electrons. The molecule has 0 aliphatic rings. The zero-order valence-corrected chi connectivity index (χ0v) is 16.1. The lowest BCUT2D eigenvalue weighted by molar-refractivity contribution is 0.409. The molecule has 0 fully saturated rings. The van der Waals surface area contributed by atoms with Crippen LogP contribution in [0.15, 0.2) is 48.7 Å². The molecule has 3 rings (SSSR count). The minimum absolute atomic E-state index is 0.636. The minimum Gasteiger partial charge on any atom is -0.496 e. The van der Waals surface area contributed by atoms with Crippen LogP contribution in [0.1, 0.15) is 10.6 Å². The largest absolute Gasteiger partial charge is 0.496 e. The highest BCUT2D eigenvalue weighted by molar-refractivity contribution is 7.15. The smallest absolute Gasteiger partial charge is 0.122 e. The zero-order valence-electron chi connectivity index (χ0n) is 13.8. The Balaban J connectivity index is 1.55. The van der Waals surface area contributed by atoms with E-state index in [-0.39, 0.29) is 0 Å². The van der Waals surface area contributed by atoms with E-state index in [1.54, 1.807) is 24.5 Å². The van der Waals surface area contributed by atoms with Crippen LogP contribution in [0.3, 0.4) is 0 Å². The summed E-state index contributed by atoms with van der Waals surface area (Å²) in [6.07, 6.45) is 2.77. The topological polar surface area (TPSA) is 34.1 Å². The molecule has 0 unspecified atom stereocenters. The third-order valence-corrected chi connectivity index (χ3v) is 5.37. The van der Waals surface area contributed by atoms with Crippen molar-refractivity contribution in [1.82, 2.24) is 10.3 Å². The first-order valence-electron chi connectivity index (χ1n) is 7.90. The van der Waals surface area contributed by atoms with Crippen molar-refractivity contribution in [2.75, 3.05) is 13.7 Å². The fourth-order valence-electron chi connectivity index (χ4n) is 2.53. The second-order valence-electron chi connectivity index (χ2n) is 5.48. The van der Waals surface area contributed by atoms with Gasteiger partial charge >= 0.3 is 0 Å². The van der Waals surface area contributed by atoms with Gasteiger partial charge in [-0.05, 0) is 36.7 Å². The van der Waals surface area contributed by atoms with E-state index in [2.05, 4.69) is 16.4 Å². The molecule has 2 aromatic carbocycles. The molecule has 130 valence electrons. The number of hydrogen-bond donors (Lipinski definition) is 1. The van der Waals surface area contributed by atoms with Gasteiger partial charge in [-0.1, -0.05) is 47.5 Å². The Bertz CT molecular complexity index is 851. The second kappa shape index (κ2) is 8.68. The molecule has 0 saturated heterocycles. The van der Waals surface area contributed by atoms with Crippen LogP contribution in [0.4, 0.5) is 0 Å². The van der Waals surface area contributed by atoms with Crippen molar-refractivity contribution in [2.45, 2.75) is 13.0 Å². The Labute approximate surface area is 161 Å². The maximum absolute atomic E-state index is 6.26. The number of ether oxygens (including phenoxy) is 1. The highest BCUT2D eigenvalue weighted by Crippen LogP contribution is 2.33. The maximum atomic E-state index is 6.26. The summed E-state index contributed by atoms with van der Waals surface area (Å²) < 4.78 is 5.37. The van der Waals surface area contributed by atoms with Gasteiger partial charge in [0.15, 0.2) is 0 Å². The Morgan fingerprint density at radius 1 is 1.16 bits per heavy atom. The Kier molecular flexibility index (Phi) is 6.32. The first-order valence-corrected chi connectivity index (χ1v) is 9.47. The lowest BCUT2D eigenvalue weighted by atomic mass is 10.1. The molecule has 0 spiro atoms. The van der Waals surface area contributed by atoms with Crippen molar-refractivity contribution in [3.8, 4) is 16.2 Å². The summed E-state index contributed by atoms with van der Waals surface area (Å²) in [7, 11) is 1.70. The summed E-state index contributed by atoms with van der Waals surface area (Å²) in [4.78, 5) is 5.52. The van der Waals surface area contributed by atoms with Gasteiger partial charge in [0.05, 0.1) is 17.0 Å². The lowest BCUT2D eigenvalue weighted by Crippen LogP contribution is -2.16. The van der Waals surface area contributed by atoms with E-state index >= 15 is 0 Å². The third-order valence-electron chi connectivity index (χ3n) is 3.79. The highest BCUT2D eigenvalue weighted by atomic mass is 35.5. The van der Waals surface area contributed by atoms with Gasteiger partial charge in [-0.3, -0.25) is 0 Å². The Morgan fingerprint density at radius 3 is 2.80 bits per heavy atom. The van der Waals surface area contributed by atoms with Gasteiger partial charge in [-0.25, -0.2) is 4.98 Å². The number of aromatic nitrogens is 1. The molecule has 3 nitrogen and oxygen atoms in total. The number of thiazole rings is 1. The molecular weight excluding hydrogens is 375 g/mol. The van der Waals surface area contributed by atoms with Gasteiger partial charge in [0.2, 0.25) is 0 Å². The normalized spacial score (nSPS) is 10.8. The lowest BCUT2D eigenvalue weighted by Gasteiger charge is -2.08. The first kappa shape index (κ1) is 18.2. The van der Waals surface area contributed by atoms with Crippen LogP contribution in [0.2, 0.25) is 10.0 Å². The van der Waals surface area contributed by atoms with Crippen LogP contribution in [0.5, 0.6) is 5.75 Å². The quantitative estimate of drug-likeness (QED) is 0.542. The molecular formula is C19H18Cl2N2OS. The summed E-state index contributed by atoms with van der Waals surface area (Å²) in [6.45, 7) is 1.59. The van der Waals surface area contributed by atoms with Crippen LogP contribution in [0, 0.1) is 0 Å². The average molecular weight is 393 g/mol. The van der Waals surface area contributed by atoms with Crippen LogP contribution < -0.4 is 10.1 Å². The zero-order chi connectivity index (χ0) is 17.6. The predicted molar refractivity (Wildman–Crippen MR) is 106 cm³/mol. The van der Waals surface area contributed by atoms with E-state index in [1.165, 1.54) is 5.56 Å². The summed E-state index contributed by atoms with van der Waals surface area (Å²) in [5.74, 6) is 0.929. The number of para-hydroxylation sites is 1. The number of rotatable bonds is 7. The van der Waals surface area contributed by atoms with Crippen LogP contribution >= 0.6 is 34.5 Å². The number of nitrogens with zero attached hydrogens (tertiary/aromatic N) is 1. The molecule has 6 heteroatoms. The number of halogens is 2. The van der Waals surface area contributed by atoms with Crippen LogP contribution in [-0.2, 0) is 13.0 Å². The standard InChI is InChI=1S/C19H18Cl2N2OS/c1-24-17-5-3-2-4-13(17)8-9-22-12-19-23-11-18(25-19)15-7-6-14(20)10-16(15)21/h2-7,10-11,22H,8-9,12H2,1H3. The molecule has 25 heavy (non-hydrogen) atoms. The molecule has 1 N–H and O–H groups in total. The first-order chi connectivity index (χ1) is 12.2. The van der Waals surface area contributed by atoms with Crippen molar-refractivity contribution in [3.05, 3.63) is 69.3 Å². The van der Waals surface area contributed by atoms with Crippen molar-refractivity contribution in [2.24, 2.45) is 0 Å². The monoisotopic (exact) mass is 392 g/mol. The van der Waals surface area contributed by atoms with Crippen molar-refractivity contribution >= 4 is 34.5 Å². The molecule has 0 atom stereocenters. The molecule has 1 heterocycles. The van der Waals surface area contributed by atoms with Gasteiger partial charge in [-0.2, -0.15) is 0 Å². The number of nitrogens with one attached hydrogen (secondary N) is 1. The van der Waals surface area contributed by atoms with Gasteiger partial charge in [0.1, 0.15) is 10.8 Å². The number of hydrogen-bond acceptors (Lipinski definition) is 4. The van der Waals surface area contributed by atoms with E-state index < -0.39 is 0 Å². The molecule has 0 aliphatic carbocycles. The van der Waals surface area contributed by atoms with Crippen molar-refractivity contribution in [3.63, 3.8) is 0 Å². The number of methoxy groups -OCH3 is 1. The summed E-state index contributed by atoms with van der Waals surface area (Å²) >= 11 is 13.8. The third kappa shape index (κ3) is 4.73. The SMILES string of the molecule is COc1ccccc1CCNCc1ncc(-c2ccc(Cl)cc2Cl)s1. The van der Waals surface area contributed by atoms with Crippen LogP contribution in [0.25, 0.3) is 10.4 Å². The molecule has 0 aliphatic heterocycles. The number of benzene rings is 2. The van der Waals surface area contributed by atoms with Crippen molar-refractivity contribution < 1.29 is 4.74 Å². The van der Waals surface area contributed by atoms with Gasteiger partial charge < -0.3 is 10.1 Å². The molecule has 3 aromatic rings. The fourth-order valence-corrected chi connectivity index (χ4v) is 4.03. The summed E-state index contributed by atoms with van der Waals surface area (Å²) in [5, 5.41) is 5.74. The van der Waals surface area contributed by atoms with E-state index in [4.69, 9.17) is 27.9 Å². The van der Waals surface area contributed by atoms with E-state index in [0.29, 0.717) is 10.0 Å². The van der Waals surface area contributed by atoms with Crippen molar-refractivity contribution in [1.29, 1.82) is 0 Å². The molecule has 0 amide bonds. The van der Waals surface area contributed by atoms with E-state index in [1.807, 2.05) is 36.5 Å². The van der Waals surface area contributed by atoms with Crippen LogP contribution in [-0.4, -0.2) is 18.6 Å². The average Bonchev–Trinajstić information content (AvgIpc) is 3.07.